The Morgan fingerprint density at radius 2 is 1.64 bits per heavy atom. The highest BCUT2D eigenvalue weighted by Gasteiger charge is 2.32. The minimum atomic E-state index is -2.04. The molecule has 1 aromatic carbocycles. The minimum Gasteiger partial charge on any atom is -0.489 e. The lowest BCUT2D eigenvalue weighted by atomic mass is 9.80. The molecule has 0 aromatic heterocycles. The average Bonchev–Trinajstić information content (AvgIpc) is 2.31. The Bertz CT molecular complexity index is 507. The maximum atomic E-state index is 6.82. The topological polar surface area (TPSA) is 9.23 Å². The Morgan fingerprint density at radius 3 is 2.00 bits per heavy atom. The first-order valence-electron chi connectivity index (χ1n) is 7.90. The molecule has 3 heteroatoms. The molecule has 0 spiro atoms. The lowest BCUT2D eigenvalue weighted by Gasteiger charge is -2.31. The van der Waals surface area contributed by atoms with E-state index >= 15 is 0 Å². The quantitative estimate of drug-likeness (QED) is 0.400. The van der Waals surface area contributed by atoms with Gasteiger partial charge < -0.3 is 4.74 Å². The van der Waals surface area contributed by atoms with E-state index in [1.165, 1.54) is 16.3 Å². The van der Waals surface area contributed by atoms with Crippen LogP contribution in [0.2, 0.25) is 13.1 Å². The fourth-order valence-corrected chi connectivity index (χ4v) is 4.02. The van der Waals surface area contributed by atoms with Crippen molar-refractivity contribution >= 4 is 23.6 Å². The fraction of sp³-hybridized carbons (Fsp3) is 0.579. The highest BCUT2D eigenvalue weighted by atomic mass is 35.6. The zero-order valence-corrected chi connectivity index (χ0v) is 17.2. The lowest BCUT2D eigenvalue weighted by molar-refractivity contribution is 0.353. The van der Waals surface area contributed by atoms with E-state index in [9.17, 15) is 0 Å². The van der Waals surface area contributed by atoms with Crippen molar-refractivity contribution in [1.82, 2.24) is 0 Å². The summed E-state index contributed by atoms with van der Waals surface area (Å²) < 4.78 is 6.07. The molecule has 1 aromatic rings. The van der Waals surface area contributed by atoms with Crippen molar-refractivity contribution < 1.29 is 4.74 Å². The van der Waals surface area contributed by atoms with Gasteiger partial charge in [-0.1, -0.05) is 79.4 Å². The maximum Gasteiger partial charge on any atom is 0.185 e. The van der Waals surface area contributed by atoms with Crippen molar-refractivity contribution in [3.05, 3.63) is 35.9 Å². The van der Waals surface area contributed by atoms with E-state index in [1.54, 1.807) is 6.08 Å². The summed E-state index contributed by atoms with van der Waals surface area (Å²) >= 11 is 6.82. The molecule has 0 saturated carbocycles. The second kappa shape index (κ2) is 6.41. The van der Waals surface area contributed by atoms with E-state index in [0.29, 0.717) is 6.61 Å². The van der Waals surface area contributed by atoms with E-state index in [4.69, 9.17) is 15.8 Å². The molecule has 0 bridgehead atoms. The Balaban J connectivity index is 3.73. The van der Waals surface area contributed by atoms with E-state index in [1.807, 2.05) is 0 Å². The van der Waals surface area contributed by atoms with Crippen LogP contribution >= 0.6 is 11.1 Å². The Hall–Kier alpha value is -0.733. The molecule has 0 aliphatic heterocycles. The first kappa shape index (κ1) is 19.3. The third-order valence-corrected chi connectivity index (χ3v) is 6.01. The van der Waals surface area contributed by atoms with Crippen molar-refractivity contribution in [2.45, 2.75) is 65.5 Å². The lowest BCUT2D eigenvalue weighted by Crippen LogP contribution is -2.39. The van der Waals surface area contributed by atoms with Crippen molar-refractivity contribution in [3.63, 3.8) is 0 Å². The van der Waals surface area contributed by atoms with Crippen LogP contribution in [0, 0.1) is 0 Å². The van der Waals surface area contributed by atoms with Crippen LogP contribution in [-0.4, -0.2) is 14.0 Å². The smallest absolute Gasteiger partial charge is 0.185 e. The van der Waals surface area contributed by atoms with Crippen molar-refractivity contribution in [1.29, 1.82) is 0 Å². The molecule has 22 heavy (non-hydrogen) atoms. The molecule has 0 unspecified atom stereocenters. The molecule has 0 radical (unpaired) electrons. The normalized spacial score (nSPS) is 13.1. The number of halogens is 1. The summed E-state index contributed by atoms with van der Waals surface area (Å²) in [4.78, 5) is 0. The molecule has 0 atom stereocenters. The Labute approximate surface area is 142 Å². The van der Waals surface area contributed by atoms with Gasteiger partial charge in [0.25, 0.3) is 0 Å². The highest BCUT2D eigenvalue weighted by Crippen LogP contribution is 2.36. The number of hydrogen-bond acceptors (Lipinski definition) is 1. The van der Waals surface area contributed by atoms with Gasteiger partial charge in [0.15, 0.2) is 7.38 Å². The van der Waals surface area contributed by atoms with Gasteiger partial charge in [0, 0.05) is 0 Å². The van der Waals surface area contributed by atoms with Gasteiger partial charge in [0.2, 0.25) is 0 Å². The van der Waals surface area contributed by atoms with Crippen LogP contribution in [0.3, 0.4) is 0 Å². The first-order chi connectivity index (χ1) is 9.78. The summed E-state index contributed by atoms with van der Waals surface area (Å²) in [6, 6.07) is 4.55. The zero-order valence-electron chi connectivity index (χ0n) is 15.4. The van der Waals surface area contributed by atoms with Crippen LogP contribution in [0.15, 0.2) is 24.8 Å². The Kier molecular flexibility index (Phi) is 5.62. The molecule has 0 N–H and O–H groups in total. The third kappa shape index (κ3) is 4.63. The van der Waals surface area contributed by atoms with Crippen molar-refractivity contribution in [3.8, 4) is 5.75 Å². The standard InChI is InChI=1S/C19H31ClOSi/c1-10-11-21-17-15(19(5,6)7)12-14(18(2,3)4)13-16(17)22(8,9)20/h10,12-13H,1,11H2,2-9H3. The third-order valence-electron chi connectivity index (χ3n) is 3.75. The fourth-order valence-electron chi connectivity index (χ4n) is 2.36. The van der Waals surface area contributed by atoms with Crippen LogP contribution in [-0.2, 0) is 10.8 Å². The predicted molar refractivity (Wildman–Crippen MR) is 103 cm³/mol. The molecule has 0 heterocycles. The summed E-state index contributed by atoms with van der Waals surface area (Å²) in [5.74, 6) is 0.965. The zero-order chi connectivity index (χ0) is 17.3. The van der Waals surface area contributed by atoms with Crippen molar-refractivity contribution in [2.24, 2.45) is 0 Å². The summed E-state index contributed by atoms with van der Waals surface area (Å²) in [7, 11) is -2.04. The van der Waals surface area contributed by atoms with Gasteiger partial charge in [0.05, 0.1) is 0 Å². The SMILES string of the molecule is C=CCOc1c(C(C)(C)C)cc(C(C)(C)C)cc1[Si](C)(C)Cl. The molecule has 124 valence electrons. The van der Waals surface area contributed by atoms with Gasteiger partial charge in [-0.2, -0.15) is 11.1 Å². The van der Waals surface area contributed by atoms with Crippen LogP contribution in [0.25, 0.3) is 0 Å². The summed E-state index contributed by atoms with van der Waals surface area (Å²) in [6.07, 6.45) is 1.79. The largest absolute Gasteiger partial charge is 0.489 e. The second-order valence-electron chi connectivity index (χ2n) is 8.47. The van der Waals surface area contributed by atoms with E-state index in [-0.39, 0.29) is 10.8 Å². The van der Waals surface area contributed by atoms with Gasteiger partial charge in [-0.25, -0.2) is 0 Å². The van der Waals surface area contributed by atoms with Gasteiger partial charge in [-0.15, -0.1) is 0 Å². The van der Waals surface area contributed by atoms with E-state index in [2.05, 4.69) is 73.3 Å². The molecular formula is C19H31ClOSi. The number of rotatable bonds is 4. The highest BCUT2D eigenvalue weighted by molar-refractivity contribution is 7.26. The molecule has 0 fully saturated rings. The number of ether oxygens (including phenoxy) is 1. The number of benzene rings is 1. The second-order valence-corrected chi connectivity index (χ2v) is 14.8. The predicted octanol–water partition coefficient (Wildman–Crippen LogP) is 5.50. The van der Waals surface area contributed by atoms with E-state index in [0.717, 1.165) is 5.75 Å². The van der Waals surface area contributed by atoms with Crippen LogP contribution in [0.1, 0.15) is 52.7 Å². The van der Waals surface area contributed by atoms with Crippen LogP contribution in [0.4, 0.5) is 0 Å². The van der Waals surface area contributed by atoms with Gasteiger partial charge in [-0.05, 0) is 27.1 Å². The molecule has 0 aliphatic carbocycles. The van der Waals surface area contributed by atoms with Crippen molar-refractivity contribution in [2.75, 3.05) is 6.61 Å². The minimum absolute atomic E-state index is 0.00303. The number of hydrogen-bond donors (Lipinski definition) is 0. The molecule has 0 aliphatic rings. The molecule has 0 saturated heterocycles. The molecular weight excluding hydrogens is 308 g/mol. The van der Waals surface area contributed by atoms with Crippen LogP contribution < -0.4 is 9.92 Å². The first-order valence-corrected chi connectivity index (χ1v) is 11.9. The van der Waals surface area contributed by atoms with E-state index < -0.39 is 7.38 Å². The molecule has 1 rings (SSSR count). The van der Waals surface area contributed by atoms with Gasteiger partial charge >= 0.3 is 0 Å². The molecule has 0 amide bonds. The van der Waals surface area contributed by atoms with Gasteiger partial charge in [-0.3, -0.25) is 0 Å². The average molecular weight is 339 g/mol. The summed E-state index contributed by atoms with van der Waals surface area (Å²) in [5.41, 5.74) is 2.64. The molecule has 1 nitrogen and oxygen atoms in total. The summed E-state index contributed by atoms with van der Waals surface area (Å²) in [5, 5.41) is 1.19. The monoisotopic (exact) mass is 338 g/mol. The Morgan fingerprint density at radius 1 is 1.09 bits per heavy atom. The van der Waals surface area contributed by atoms with Gasteiger partial charge in [0.1, 0.15) is 12.4 Å². The maximum absolute atomic E-state index is 6.82. The van der Waals surface area contributed by atoms with Crippen LogP contribution in [0.5, 0.6) is 5.75 Å². The summed E-state index contributed by atoms with van der Waals surface area (Å²) in [6.45, 7) is 22.0.